The van der Waals surface area contributed by atoms with Crippen LogP contribution in [0.5, 0.6) is 0 Å². The van der Waals surface area contributed by atoms with Crippen LogP contribution in [0.25, 0.3) is 0 Å². The molecule has 0 aliphatic carbocycles. The minimum Gasteiger partial charge on any atom is -0.366 e. The Bertz CT molecular complexity index is 428. The van der Waals surface area contributed by atoms with Crippen LogP contribution < -0.4 is 10.6 Å². The molecule has 1 aromatic rings. The molecule has 1 aliphatic heterocycles. The number of nitriles is 1. The molecule has 0 saturated carbocycles. The number of benzene rings is 1. The van der Waals surface area contributed by atoms with E-state index in [1.54, 1.807) is 0 Å². The molecule has 1 fully saturated rings. The molecule has 0 radical (unpaired) electrons. The molecule has 17 heavy (non-hydrogen) atoms. The highest BCUT2D eigenvalue weighted by Crippen LogP contribution is 2.36. The second kappa shape index (κ2) is 4.38. The van der Waals surface area contributed by atoms with E-state index in [0.29, 0.717) is 11.5 Å². The van der Waals surface area contributed by atoms with Gasteiger partial charge in [0.15, 0.2) is 0 Å². The maximum absolute atomic E-state index is 8.80. The zero-order chi connectivity index (χ0) is 12.5. The molecule has 3 nitrogen and oxygen atoms in total. The van der Waals surface area contributed by atoms with Gasteiger partial charge in [-0.3, -0.25) is 0 Å². The first-order valence-corrected chi connectivity index (χ1v) is 6.04. The maximum Gasteiger partial charge on any atom is 0.0991 e. The van der Waals surface area contributed by atoms with Crippen molar-refractivity contribution in [2.24, 2.45) is 11.7 Å². The zero-order valence-corrected chi connectivity index (χ0v) is 10.5. The van der Waals surface area contributed by atoms with Gasteiger partial charge in [0.05, 0.1) is 11.6 Å². The van der Waals surface area contributed by atoms with E-state index in [1.165, 1.54) is 5.69 Å². The highest BCUT2D eigenvalue weighted by molar-refractivity contribution is 5.52. The molecule has 2 N–H and O–H groups in total. The fraction of sp³-hybridized carbons (Fsp3) is 0.500. The van der Waals surface area contributed by atoms with Gasteiger partial charge in [-0.2, -0.15) is 5.26 Å². The molecule has 90 valence electrons. The second-order valence-electron chi connectivity index (χ2n) is 5.39. The van der Waals surface area contributed by atoms with Gasteiger partial charge in [-0.15, -0.1) is 0 Å². The minimum absolute atomic E-state index is 0.151. The van der Waals surface area contributed by atoms with Crippen LogP contribution in [0.4, 0.5) is 5.69 Å². The molecule has 1 aromatic carbocycles. The third-order valence-electron chi connectivity index (χ3n) is 3.60. The van der Waals surface area contributed by atoms with E-state index in [-0.39, 0.29) is 5.54 Å². The van der Waals surface area contributed by atoms with Crippen LogP contribution in [0.3, 0.4) is 0 Å². The lowest BCUT2D eigenvalue weighted by molar-refractivity contribution is 0.476. The Kier molecular flexibility index (Phi) is 3.08. The molecule has 1 aliphatic rings. The fourth-order valence-corrected chi connectivity index (χ4v) is 2.72. The summed E-state index contributed by atoms with van der Waals surface area (Å²) in [4.78, 5) is 2.39. The molecule has 0 spiro atoms. The number of rotatable bonds is 2. The van der Waals surface area contributed by atoms with Gasteiger partial charge in [0.25, 0.3) is 0 Å². The lowest BCUT2D eigenvalue weighted by Gasteiger charge is -2.33. The van der Waals surface area contributed by atoms with Crippen molar-refractivity contribution in [1.82, 2.24) is 0 Å². The summed E-state index contributed by atoms with van der Waals surface area (Å²) in [7, 11) is 0. The van der Waals surface area contributed by atoms with Gasteiger partial charge in [0, 0.05) is 17.8 Å². The monoisotopic (exact) mass is 229 g/mol. The molecule has 0 amide bonds. The number of nitrogens with zero attached hydrogens (tertiary/aromatic N) is 2. The first-order valence-electron chi connectivity index (χ1n) is 6.04. The van der Waals surface area contributed by atoms with Crippen LogP contribution in [0, 0.1) is 17.2 Å². The Balaban J connectivity index is 2.24. The number of hydrogen-bond acceptors (Lipinski definition) is 3. The summed E-state index contributed by atoms with van der Waals surface area (Å²) in [5, 5.41) is 8.80. The summed E-state index contributed by atoms with van der Waals surface area (Å²) in [6.07, 6.45) is 1.13. The Hall–Kier alpha value is -1.53. The Morgan fingerprint density at radius 2 is 2.06 bits per heavy atom. The summed E-state index contributed by atoms with van der Waals surface area (Å²) in [6.45, 7) is 6.26. The fourth-order valence-electron chi connectivity index (χ4n) is 2.72. The van der Waals surface area contributed by atoms with Crippen molar-refractivity contribution in [2.75, 3.05) is 18.0 Å². The molecule has 0 bridgehead atoms. The van der Waals surface area contributed by atoms with E-state index >= 15 is 0 Å². The summed E-state index contributed by atoms with van der Waals surface area (Å²) in [5.41, 5.74) is 7.82. The Morgan fingerprint density at radius 3 is 2.53 bits per heavy atom. The molecule has 1 atom stereocenters. The molecule has 1 saturated heterocycles. The zero-order valence-electron chi connectivity index (χ0n) is 10.5. The lowest BCUT2D eigenvalue weighted by atomic mass is 9.96. The Labute approximate surface area is 103 Å². The molecule has 0 aromatic heterocycles. The highest BCUT2D eigenvalue weighted by Gasteiger charge is 2.37. The number of nitrogens with two attached hydrogens (primary N) is 1. The van der Waals surface area contributed by atoms with Crippen molar-refractivity contribution in [2.45, 2.75) is 25.8 Å². The van der Waals surface area contributed by atoms with Gasteiger partial charge in [-0.1, -0.05) is 0 Å². The average molecular weight is 229 g/mol. The lowest BCUT2D eigenvalue weighted by Crippen LogP contribution is -2.38. The van der Waals surface area contributed by atoms with Gasteiger partial charge in [-0.25, -0.2) is 0 Å². The summed E-state index contributed by atoms with van der Waals surface area (Å²) < 4.78 is 0. The smallest absolute Gasteiger partial charge is 0.0991 e. The van der Waals surface area contributed by atoms with Crippen LogP contribution in [0.15, 0.2) is 24.3 Å². The summed E-state index contributed by atoms with van der Waals surface area (Å²) in [5.74, 6) is 0.570. The first-order chi connectivity index (χ1) is 8.06. The number of hydrogen-bond donors (Lipinski definition) is 1. The summed E-state index contributed by atoms with van der Waals surface area (Å²) >= 11 is 0. The van der Waals surface area contributed by atoms with Crippen LogP contribution in [-0.4, -0.2) is 18.6 Å². The van der Waals surface area contributed by atoms with Gasteiger partial charge >= 0.3 is 0 Å². The van der Waals surface area contributed by atoms with Crippen LogP contribution in [0.2, 0.25) is 0 Å². The van der Waals surface area contributed by atoms with E-state index in [2.05, 4.69) is 24.8 Å². The predicted molar refractivity (Wildman–Crippen MR) is 69.7 cm³/mol. The van der Waals surface area contributed by atoms with E-state index in [1.807, 2.05) is 24.3 Å². The Morgan fingerprint density at radius 1 is 1.41 bits per heavy atom. The largest absolute Gasteiger partial charge is 0.366 e. The van der Waals surface area contributed by atoms with Crippen molar-refractivity contribution in [3.05, 3.63) is 29.8 Å². The molecule has 3 heteroatoms. The van der Waals surface area contributed by atoms with Gasteiger partial charge < -0.3 is 10.6 Å². The minimum atomic E-state index is 0.151. The normalized spacial score (nSPS) is 22.5. The van der Waals surface area contributed by atoms with Crippen molar-refractivity contribution in [3.8, 4) is 6.07 Å². The quantitative estimate of drug-likeness (QED) is 0.845. The maximum atomic E-state index is 8.80. The third-order valence-corrected chi connectivity index (χ3v) is 3.60. The van der Waals surface area contributed by atoms with Gasteiger partial charge in [0.2, 0.25) is 0 Å². The van der Waals surface area contributed by atoms with Crippen molar-refractivity contribution in [1.29, 1.82) is 5.26 Å². The molecular formula is C14H19N3. The van der Waals surface area contributed by atoms with Crippen molar-refractivity contribution in [3.63, 3.8) is 0 Å². The highest BCUT2D eigenvalue weighted by atomic mass is 15.2. The topological polar surface area (TPSA) is 53.0 Å². The number of anilines is 1. The SMILES string of the molecule is CC1(C)CC(CN)CN1c1ccc(C#N)cc1. The van der Waals surface area contributed by atoms with Crippen LogP contribution >= 0.6 is 0 Å². The average Bonchev–Trinajstić information content (AvgIpc) is 2.64. The molecule has 1 heterocycles. The molecular weight excluding hydrogens is 210 g/mol. The first kappa shape index (κ1) is 11.9. The molecule has 2 rings (SSSR count). The third kappa shape index (κ3) is 2.27. The van der Waals surface area contributed by atoms with E-state index in [0.717, 1.165) is 19.5 Å². The van der Waals surface area contributed by atoms with Crippen molar-refractivity contribution < 1.29 is 0 Å². The van der Waals surface area contributed by atoms with E-state index < -0.39 is 0 Å². The van der Waals surface area contributed by atoms with Crippen LogP contribution in [0.1, 0.15) is 25.8 Å². The van der Waals surface area contributed by atoms with E-state index in [9.17, 15) is 0 Å². The van der Waals surface area contributed by atoms with Gasteiger partial charge in [0.1, 0.15) is 0 Å². The molecule has 1 unspecified atom stereocenters. The van der Waals surface area contributed by atoms with Crippen molar-refractivity contribution >= 4 is 5.69 Å². The van der Waals surface area contributed by atoms with Crippen LogP contribution in [-0.2, 0) is 0 Å². The van der Waals surface area contributed by atoms with E-state index in [4.69, 9.17) is 11.0 Å². The van der Waals surface area contributed by atoms with Gasteiger partial charge in [-0.05, 0) is 57.0 Å². The summed E-state index contributed by atoms with van der Waals surface area (Å²) in [6, 6.07) is 9.95. The standard InChI is InChI=1S/C14H19N3/c1-14(2)7-12(9-16)10-17(14)13-5-3-11(8-15)4-6-13/h3-6,12H,7,9-10,16H2,1-2H3. The second-order valence-corrected chi connectivity index (χ2v) is 5.39. The predicted octanol–water partition coefficient (Wildman–Crippen LogP) is 2.12.